The van der Waals surface area contributed by atoms with E-state index in [4.69, 9.17) is 11.5 Å². The second-order valence-electron chi connectivity index (χ2n) is 6.34. The van der Waals surface area contributed by atoms with Gasteiger partial charge >= 0.3 is 0 Å². The summed E-state index contributed by atoms with van der Waals surface area (Å²) in [7, 11) is -3.61. The Hall–Kier alpha value is -2.27. The lowest BCUT2D eigenvalue weighted by molar-refractivity contribution is 0.266. The fourth-order valence-electron chi connectivity index (χ4n) is 3.13. The Kier molecular flexibility index (Phi) is 6.22. The molecule has 0 unspecified atom stereocenters. The first-order valence-corrected chi connectivity index (χ1v) is 10.3. The second kappa shape index (κ2) is 8.61. The molecule has 3 rings (SSSR count). The summed E-state index contributed by atoms with van der Waals surface area (Å²) in [6, 6.07) is 8.08. The number of sulfonamides is 1. The van der Waals surface area contributed by atoms with Gasteiger partial charge in [0.05, 0.1) is 4.90 Å². The quantitative estimate of drug-likeness (QED) is 0.535. The van der Waals surface area contributed by atoms with Crippen LogP contribution in [0.2, 0.25) is 0 Å². The predicted octanol–water partition coefficient (Wildman–Crippen LogP) is 0.504. The molecule has 2 heterocycles. The van der Waals surface area contributed by atoms with Crippen molar-refractivity contribution in [2.45, 2.75) is 23.8 Å². The lowest BCUT2D eigenvalue weighted by Crippen LogP contribution is -2.47. The number of piperidine rings is 1. The molecule has 0 saturated carbocycles. The number of aromatic nitrogens is 2. The minimum Gasteiger partial charge on any atom is -0.384 e. The zero-order valence-corrected chi connectivity index (χ0v) is 15.8. The van der Waals surface area contributed by atoms with Crippen molar-refractivity contribution in [3.63, 3.8) is 0 Å². The smallest absolute Gasteiger partial charge is 0.243 e. The van der Waals surface area contributed by atoms with Gasteiger partial charge < -0.3 is 22.1 Å². The summed E-state index contributed by atoms with van der Waals surface area (Å²) in [6.07, 6.45) is 3.12. The number of hydrogen-bond acceptors (Lipinski definition) is 8. The van der Waals surface area contributed by atoms with Crippen LogP contribution in [0.25, 0.3) is 0 Å². The van der Waals surface area contributed by atoms with Crippen LogP contribution in [-0.2, 0) is 10.0 Å². The number of nitrogens with two attached hydrogens (primary N) is 2. The topological polar surface area (TPSA) is 139 Å². The van der Waals surface area contributed by atoms with E-state index in [0.29, 0.717) is 24.0 Å². The fourth-order valence-corrected chi connectivity index (χ4v) is 4.83. The summed E-state index contributed by atoms with van der Waals surface area (Å²) < 4.78 is 27.8. The van der Waals surface area contributed by atoms with E-state index in [1.54, 1.807) is 36.5 Å². The van der Waals surface area contributed by atoms with Crippen LogP contribution in [0, 0.1) is 0 Å². The molecule has 0 radical (unpaired) electrons. The Bertz CT molecular complexity index is 852. The fraction of sp³-hybridized carbons (Fsp3) is 0.412. The number of benzene rings is 1. The van der Waals surface area contributed by atoms with Crippen LogP contribution in [0.5, 0.6) is 0 Å². The van der Waals surface area contributed by atoms with Crippen molar-refractivity contribution in [1.82, 2.24) is 19.6 Å². The minimum atomic E-state index is -3.61. The van der Waals surface area contributed by atoms with Crippen LogP contribution in [-0.4, -0.2) is 54.9 Å². The summed E-state index contributed by atoms with van der Waals surface area (Å²) >= 11 is 0. The summed E-state index contributed by atoms with van der Waals surface area (Å²) in [5.41, 5.74) is 12.0. The lowest BCUT2D eigenvalue weighted by atomic mass is 10.1. The van der Waals surface area contributed by atoms with Crippen molar-refractivity contribution < 1.29 is 8.42 Å². The third-order valence-corrected chi connectivity index (χ3v) is 6.43. The Morgan fingerprint density at radius 2 is 1.89 bits per heavy atom. The molecule has 9 nitrogen and oxygen atoms in total. The molecule has 1 aliphatic rings. The molecule has 0 atom stereocenters. The van der Waals surface area contributed by atoms with Gasteiger partial charge in [-0.2, -0.15) is 9.29 Å². The maximum atomic E-state index is 13.1. The van der Waals surface area contributed by atoms with Gasteiger partial charge in [0.2, 0.25) is 16.0 Å². The number of nitrogen functional groups attached to an aromatic ring is 1. The molecule has 1 aromatic carbocycles. The van der Waals surface area contributed by atoms with Gasteiger partial charge in [-0.05, 0) is 56.3 Å². The average molecular weight is 392 g/mol. The zero-order valence-electron chi connectivity index (χ0n) is 15.0. The first-order valence-electron chi connectivity index (χ1n) is 8.89. The molecule has 0 spiro atoms. The van der Waals surface area contributed by atoms with E-state index >= 15 is 0 Å². The van der Waals surface area contributed by atoms with E-state index in [-0.39, 0.29) is 17.5 Å². The van der Waals surface area contributed by atoms with E-state index < -0.39 is 10.0 Å². The highest BCUT2D eigenvalue weighted by molar-refractivity contribution is 7.89. The molecule has 6 N–H and O–H groups in total. The summed E-state index contributed by atoms with van der Waals surface area (Å²) in [6.45, 7) is 2.22. The van der Waals surface area contributed by atoms with Gasteiger partial charge in [0.25, 0.3) is 0 Å². The van der Waals surface area contributed by atoms with Crippen LogP contribution in [0.3, 0.4) is 0 Å². The minimum absolute atomic E-state index is 0.0294. The van der Waals surface area contributed by atoms with Crippen LogP contribution in [0.1, 0.15) is 12.8 Å². The second-order valence-corrected chi connectivity index (χ2v) is 8.23. The van der Waals surface area contributed by atoms with Gasteiger partial charge in [-0.3, -0.25) is 0 Å². The Labute approximate surface area is 159 Å². The summed E-state index contributed by atoms with van der Waals surface area (Å²) in [5, 5.41) is 6.26. The first-order chi connectivity index (χ1) is 13.0. The van der Waals surface area contributed by atoms with E-state index in [9.17, 15) is 8.42 Å². The number of rotatable bonds is 7. The number of anilines is 3. The highest BCUT2D eigenvalue weighted by atomic mass is 32.2. The Balaban J connectivity index is 1.78. The molecule has 146 valence electrons. The van der Waals surface area contributed by atoms with Gasteiger partial charge in [0.15, 0.2) is 0 Å². The molecule has 2 aromatic rings. The maximum Gasteiger partial charge on any atom is 0.243 e. The van der Waals surface area contributed by atoms with Gasteiger partial charge in [0, 0.05) is 31.0 Å². The van der Waals surface area contributed by atoms with E-state index in [1.165, 1.54) is 4.31 Å². The SMILES string of the molecule is NCCN(C1CCNCC1)S(=O)(=O)c1ccc(Nc2nccc(N)n2)cc1. The highest BCUT2D eigenvalue weighted by Crippen LogP contribution is 2.24. The number of nitrogens with zero attached hydrogens (tertiary/aromatic N) is 3. The van der Waals surface area contributed by atoms with Crippen LogP contribution in [0.4, 0.5) is 17.5 Å². The molecule has 0 amide bonds. The molecule has 0 bridgehead atoms. The van der Waals surface area contributed by atoms with E-state index in [1.807, 2.05) is 0 Å². The van der Waals surface area contributed by atoms with Gasteiger partial charge in [-0.15, -0.1) is 0 Å². The van der Waals surface area contributed by atoms with E-state index in [2.05, 4.69) is 20.6 Å². The number of nitrogens with one attached hydrogen (secondary N) is 2. The molecule has 0 aliphatic carbocycles. The van der Waals surface area contributed by atoms with Crippen LogP contribution < -0.4 is 22.1 Å². The van der Waals surface area contributed by atoms with Crippen molar-refractivity contribution in [1.29, 1.82) is 0 Å². The van der Waals surface area contributed by atoms with Crippen molar-refractivity contribution in [2.24, 2.45) is 5.73 Å². The van der Waals surface area contributed by atoms with Crippen LogP contribution in [0.15, 0.2) is 41.4 Å². The molecule has 10 heteroatoms. The van der Waals surface area contributed by atoms with Gasteiger partial charge in [-0.1, -0.05) is 0 Å². The highest BCUT2D eigenvalue weighted by Gasteiger charge is 2.31. The molecule has 27 heavy (non-hydrogen) atoms. The summed E-state index contributed by atoms with van der Waals surface area (Å²) in [4.78, 5) is 8.38. The van der Waals surface area contributed by atoms with Crippen molar-refractivity contribution in [3.8, 4) is 0 Å². The van der Waals surface area contributed by atoms with Crippen molar-refractivity contribution >= 4 is 27.5 Å². The van der Waals surface area contributed by atoms with E-state index in [0.717, 1.165) is 25.9 Å². The molecular formula is C17H25N7O2S. The van der Waals surface area contributed by atoms with Gasteiger partial charge in [0.1, 0.15) is 5.82 Å². The van der Waals surface area contributed by atoms with Crippen molar-refractivity contribution in [2.75, 3.05) is 37.2 Å². The zero-order chi connectivity index (χ0) is 19.3. The lowest BCUT2D eigenvalue weighted by Gasteiger charge is -2.33. The molecule has 1 saturated heterocycles. The average Bonchev–Trinajstić information content (AvgIpc) is 2.67. The molecule has 1 aliphatic heterocycles. The predicted molar refractivity (Wildman–Crippen MR) is 105 cm³/mol. The molecule has 1 aromatic heterocycles. The third-order valence-electron chi connectivity index (χ3n) is 4.46. The van der Waals surface area contributed by atoms with Crippen LogP contribution >= 0.6 is 0 Å². The number of hydrogen-bond donors (Lipinski definition) is 4. The Morgan fingerprint density at radius 1 is 1.19 bits per heavy atom. The maximum absolute atomic E-state index is 13.1. The normalized spacial score (nSPS) is 15.8. The Morgan fingerprint density at radius 3 is 2.52 bits per heavy atom. The largest absolute Gasteiger partial charge is 0.384 e. The third kappa shape index (κ3) is 4.72. The standard InChI is InChI=1S/C17H25N7O2S/c18-8-12-24(14-5-9-20-10-6-14)27(25,26)15-3-1-13(2-4-15)22-17-21-11-7-16(19)23-17/h1-4,7,11,14,20H,5-6,8-10,12,18H2,(H3,19,21,22,23). The molecule has 1 fully saturated rings. The monoisotopic (exact) mass is 391 g/mol. The van der Waals surface area contributed by atoms with Gasteiger partial charge in [-0.25, -0.2) is 13.4 Å². The first kappa shape index (κ1) is 19.5. The van der Waals surface area contributed by atoms with Crippen molar-refractivity contribution in [3.05, 3.63) is 36.5 Å². The summed E-state index contributed by atoms with van der Waals surface area (Å²) in [5.74, 6) is 0.705. The molecular weight excluding hydrogens is 366 g/mol.